The molecule has 8 nitrogen and oxygen atoms in total. The predicted octanol–water partition coefficient (Wildman–Crippen LogP) is 5.49. The minimum absolute atomic E-state index is 0.0132. The molecule has 9 heteroatoms. The van der Waals surface area contributed by atoms with Crippen molar-refractivity contribution < 1.29 is 38.1 Å². The van der Waals surface area contributed by atoms with Crippen molar-refractivity contribution in [2.24, 2.45) is 28.6 Å². The Kier molecular flexibility index (Phi) is 7.73. The maximum Gasteiger partial charge on any atom is 0.338 e. The summed E-state index contributed by atoms with van der Waals surface area (Å²) in [5.74, 6) is -2.76. The number of esters is 2. The van der Waals surface area contributed by atoms with E-state index in [9.17, 15) is 14.7 Å². The fraction of sp³-hybridized carbons (Fsp3) is 0.676. The van der Waals surface area contributed by atoms with Crippen LogP contribution in [0.25, 0.3) is 0 Å². The summed E-state index contributed by atoms with van der Waals surface area (Å²) in [6.45, 7) is 19.4. The Labute approximate surface area is 256 Å². The van der Waals surface area contributed by atoms with Crippen LogP contribution < -0.4 is 0 Å². The van der Waals surface area contributed by atoms with Crippen molar-refractivity contribution in [2.45, 2.75) is 110 Å². The second-order valence-corrected chi connectivity index (χ2v) is 19.6. The number of hydrogen-bond acceptors (Lipinski definition) is 8. The Morgan fingerprint density at radius 1 is 1.07 bits per heavy atom. The van der Waals surface area contributed by atoms with Gasteiger partial charge in [0.25, 0.3) is 0 Å². The first-order valence-corrected chi connectivity index (χ1v) is 18.9. The van der Waals surface area contributed by atoms with E-state index in [1.165, 1.54) is 6.92 Å². The molecule has 1 saturated heterocycles. The number of aliphatic hydroxyl groups is 1. The van der Waals surface area contributed by atoms with Gasteiger partial charge in [-0.25, -0.2) is 4.79 Å². The summed E-state index contributed by atoms with van der Waals surface area (Å²) in [5, 5.41) is 13.3. The van der Waals surface area contributed by atoms with Crippen molar-refractivity contribution in [1.82, 2.24) is 0 Å². The molecule has 3 fully saturated rings. The van der Waals surface area contributed by atoms with E-state index in [0.717, 1.165) is 11.1 Å². The maximum atomic E-state index is 15.0. The van der Waals surface area contributed by atoms with Crippen LogP contribution in [0.1, 0.15) is 71.7 Å². The Hall–Kier alpha value is -2.33. The van der Waals surface area contributed by atoms with Crippen molar-refractivity contribution in [3.05, 3.63) is 47.0 Å². The van der Waals surface area contributed by atoms with Crippen molar-refractivity contribution >= 4 is 26.0 Å². The van der Waals surface area contributed by atoms with E-state index in [-0.39, 0.29) is 24.7 Å². The third kappa shape index (κ3) is 4.68. The van der Waals surface area contributed by atoms with Gasteiger partial charge in [-0.05, 0) is 62.2 Å². The second kappa shape index (κ2) is 10.4. The molecule has 1 aromatic rings. The zero-order valence-electron chi connectivity index (χ0n) is 27.3. The minimum atomic E-state index is -2.13. The number of rotatable bonds is 5. The van der Waals surface area contributed by atoms with E-state index < -0.39 is 72.4 Å². The molecule has 2 saturated carbocycles. The van der Waals surface area contributed by atoms with Crippen LogP contribution in [-0.4, -0.2) is 67.3 Å². The van der Waals surface area contributed by atoms with Gasteiger partial charge in [-0.1, -0.05) is 52.8 Å². The molecule has 1 N–H and O–H groups in total. The van der Waals surface area contributed by atoms with E-state index in [2.05, 4.69) is 19.6 Å². The molecule has 3 aliphatic carbocycles. The summed E-state index contributed by atoms with van der Waals surface area (Å²) in [5.41, 5.74) is -2.92. The van der Waals surface area contributed by atoms with Crippen LogP contribution in [0.5, 0.6) is 0 Å². The van der Waals surface area contributed by atoms with Crippen LogP contribution in [0.3, 0.4) is 0 Å². The molecule has 0 radical (unpaired) electrons. The molecule has 0 spiro atoms. The summed E-state index contributed by atoms with van der Waals surface area (Å²) < 4.78 is 25.4. The number of fused-ring (bicyclic) bond motifs is 5. The molecule has 1 heterocycles. The summed E-state index contributed by atoms with van der Waals surface area (Å²) in [6.07, 6.45) is -1.53. The van der Waals surface area contributed by atoms with Crippen molar-refractivity contribution in [1.29, 1.82) is 0 Å². The molecule has 0 amide bonds. The zero-order chi connectivity index (χ0) is 31.9. The Balaban J connectivity index is 1.82. The number of Topliss-reactive ketones (excluding diaryl/α,β-unsaturated/α-hetero) is 1. The molecule has 1 unspecified atom stereocenters. The van der Waals surface area contributed by atoms with E-state index >= 15 is 4.79 Å². The van der Waals surface area contributed by atoms with Crippen molar-refractivity contribution in [3.63, 3.8) is 0 Å². The van der Waals surface area contributed by atoms with E-state index in [1.807, 2.05) is 47.6 Å². The number of carbonyl (C=O) groups is 3. The van der Waals surface area contributed by atoms with E-state index in [4.69, 9.17) is 18.6 Å². The van der Waals surface area contributed by atoms with Gasteiger partial charge in [0, 0.05) is 30.1 Å². The predicted molar refractivity (Wildman–Crippen MR) is 164 cm³/mol. The lowest BCUT2D eigenvalue weighted by molar-refractivity contribution is -0.339. The first-order chi connectivity index (χ1) is 19.8. The SMILES string of the molecule is CC(=O)O[C@@]12CO[C@@H]1C[C@H](C)[C@@]1(C)C(=O)[C@H](C)C3=C(C)[C@@H](O[Si](C)(C)C)C[C@@](O)(C(OC(=O)c4ccccc4)[C@H]21)C3(C)C. The van der Waals surface area contributed by atoms with Gasteiger partial charge in [0.1, 0.15) is 23.6 Å². The van der Waals surface area contributed by atoms with E-state index in [1.54, 1.807) is 24.3 Å². The van der Waals surface area contributed by atoms with Gasteiger partial charge in [0.15, 0.2) is 13.9 Å². The normalized spacial score (nSPS) is 40.3. The molecule has 4 aliphatic rings. The first-order valence-electron chi connectivity index (χ1n) is 15.5. The van der Waals surface area contributed by atoms with Crippen LogP contribution in [-0.2, 0) is 28.2 Å². The summed E-state index contributed by atoms with van der Waals surface area (Å²) in [7, 11) is -2.13. The van der Waals surface area contributed by atoms with Crippen molar-refractivity contribution in [2.75, 3.05) is 6.61 Å². The minimum Gasteiger partial charge on any atom is -0.455 e. The Bertz CT molecular complexity index is 1350. The summed E-state index contributed by atoms with van der Waals surface area (Å²) in [6, 6.07) is 8.66. The van der Waals surface area contributed by atoms with Crippen LogP contribution in [0, 0.1) is 28.6 Å². The molecule has 0 aromatic heterocycles. The highest BCUT2D eigenvalue weighted by molar-refractivity contribution is 6.69. The topological polar surface area (TPSA) is 108 Å². The van der Waals surface area contributed by atoms with Crippen LogP contribution >= 0.6 is 0 Å². The molecule has 1 aliphatic heterocycles. The zero-order valence-corrected chi connectivity index (χ0v) is 28.3. The van der Waals surface area contributed by atoms with Gasteiger partial charge in [0.2, 0.25) is 0 Å². The van der Waals surface area contributed by atoms with Gasteiger partial charge in [-0.3, -0.25) is 9.59 Å². The highest BCUT2D eigenvalue weighted by Crippen LogP contribution is 2.66. The van der Waals surface area contributed by atoms with Gasteiger partial charge in [-0.2, -0.15) is 0 Å². The summed E-state index contributed by atoms with van der Waals surface area (Å²) in [4.78, 5) is 41.7. The number of ketones is 1. The lowest BCUT2D eigenvalue weighted by Crippen LogP contribution is -2.80. The Morgan fingerprint density at radius 3 is 2.23 bits per heavy atom. The highest BCUT2D eigenvalue weighted by Gasteiger charge is 2.76. The third-order valence-electron chi connectivity index (χ3n) is 11.2. The molecule has 5 rings (SSSR count). The molecule has 9 atom stereocenters. The van der Waals surface area contributed by atoms with Gasteiger partial charge in [-0.15, -0.1) is 0 Å². The molecule has 236 valence electrons. The fourth-order valence-electron chi connectivity index (χ4n) is 8.99. The molecule has 43 heavy (non-hydrogen) atoms. The largest absolute Gasteiger partial charge is 0.455 e. The lowest BCUT2D eigenvalue weighted by Gasteiger charge is -2.68. The number of benzene rings is 1. The second-order valence-electron chi connectivity index (χ2n) is 15.1. The monoisotopic (exact) mass is 612 g/mol. The number of carbonyl (C=O) groups excluding carboxylic acids is 3. The van der Waals surface area contributed by atoms with Crippen LogP contribution in [0.15, 0.2) is 41.5 Å². The average molecular weight is 613 g/mol. The summed E-state index contributed by atoms with van der Waals surface area (Å²) >= 11 is 0. The average Bonchev–Trinajstić information content (AvgIpc) is 2.90. The fourth-order valence-corrected chi connectivity index (χ4v) is 10.1. The van der Waals surface area contributed by atoms with Crippen molar-refractivity contribution in [3.8, 4) is 0 Å². The lowest BCUT2D eigenvalue weighted by atomic mass is 9.42. The van der Waals surface area contributed by atoms with E-state index in [0.29, 0.717) is 12.0 Å². The third-order valence-corrected chi connectivity index (χ3v) is 12.2. The van der Waals surface area contributed by atoms with Gasteiger partial charge in [0.05, 0.1) is 24.2 Å². The number of hydrogen-bond donors (Lipinski definition) is 1. The highest BCUT2D eigenvalue weighted by atomic mass is 28.4. The smallest absolute Gasteiger partial charge is 0.338 e. The molecular weight excluding hydrogens is 564 g/mol. The van der Waals surface area contributed by atoms with Gasteiger partial charge < -0.3 is 23.7 Å². The van der Waals surface area contributed by atoms with Crippen LogP contribution in [0.4, 0.5) is 0 Å². The van der Waals surface area contributed by atoms with Crippen LogP contribution in [0.2, 0.25) is 19.6 Å². The molecule has 1 aromatic carbocycles. The molecule has 2 bridgehead atoms. The number of ether oxygens (including phenoxy) is 3. The first kappa shape index (κ1) is 32.1. The standard InChI is InChI=1S/C34H48O8Si/c1-19-16-25-33(18-39-25,41-22(4)35)27-29(40-30(37)23-14-12-11-13-15-23)34(38)17-24(42-43(8,9)10)20(2)26(31(34,5)6)21(3)28(36)32(19,27)7/h11-15,19,21,24-25,27,29,38H,16-18H2,1-10H3/t19-,21+,24-,25+,27-,29?,32+,33-,34+/m0/s1. The van der Waals surface area contributed by atoms with Gasteiger partial charge >= 0.3 is 11.9 Å². The maximum absolute atomic E-state index is 15.0. The quantitative estimate of drug-likeness (QED) is 0.264. The Morgan fingerprint density at radius 2 is 1.70 bits per heavy atom. The molecular formula is C34H48O8Si.